The van der Waals surface area contributed by atoms with Crippen molar-refractivity contribution < 1.29 is 9.53 Å². The molecule has 1 aliphatic rings. The smallest absolute Gasteiger partial charge is 0.224 e. The normalized spacial score (nSPS) is 12.7. The first-order valence-electron chi connectivity index (χ1n) is 8.30. The van der Waals surface area contributed by atoms with Crippen LogP contribution in [0.15, 0.2) is 48.5 Å². The van der Waals surface area contributed by atoms with Crippen LogP contribution in [0, 0.1) is 0 Å². The number of benzene rings is 2. The average molecular weight is 333 g/mol. The van der Waals surface area contributed by atoms with Gasteiger partial charge in [0.25, 0.3) is 0 Å². The number of amides is 1. The van der Waals surface area contributed by atoms with Gasteiger partial charge in [0, 0.05) is 18.7 Å². The molecule has 126 valence electrons. The van der Waals surface area contributed by atoms with Gasteiger partial charge in [0.2, 0.25) is 5.91 Å². The first-order valence-corrected chi connectivity index (χ1v) is 8.30. The van der Waals surface area contributed by atoms with Gasteiger partial charge in [-0.2, -0.15) is 0 Å². The molecule has 25 heavy (non-hydrogen) atoms. The zero-order valence-electron chi connectivity index (χ0n) is 14.0. The summed E-state index contributed by atoms with van der Waals surface area (Å²) in [7, 11) is 0. The van der Waals surface area contributed by atoms with E-state index in [9.17, 15) is 4.79 Å². The van der Waals surface area contributed by atoms with E-state index in [1.807, 2.05) is 42.5 Å². The average Bonchev–Trinajstić information content (AvgIpc) is 3.08. The molecule has 0 fully saturated rings. The van der Waals surface area contributed by atoms with Crippen molar-refractivity contribution in [2.45, 2.75) is 19.9 Å². The molecule has 0 saturated carbocycles. The lowest BCUT2D eigenvalue weighted by Crippen LogP contribution is -2.28. The Kier molecular flexibility index (Phi) is 3.76. The van der Waals surface area contributed by atoms with E-state index in [2.05, 4.69) is 4.98 Å². The second kappa shape index (κ2) is 6.09. The number of rotatable bonds is 3. The summed E-state index contributed by atoms with van der Waals surface area (Å²) in [5.41, 5.74) is 9.58. The van der Waals surface area contributed by atoms with Crippen LogP contribution < -0.4 is 15.4 Å². The van der Waals surface area contributed by atoms with Crippen molar-refractivity contribution >= 4 is 28.3 Å². The molecule has 2 N–H and O–H groups in total. The molecular weight excluding hydrogens is 314 g/mol. The molecule has 1 aliphatic heterocycles. The van der Waals surface area contributed by atoms with Crippen molar-refractivity contribution in [3.05, 3.63) is 59.7 Å². The summed E-state index contributed by atoms with van der Waals surface area (Å²) in [4.78, 5) is 18.4. The first kappa shape index (κ1) is 15.4. The quantitative estimate of drug-likeness (QED) is 0.798. The van der Waals surface area contributed by atoms with E-state index < -0.39 is 0 Å². The van der Waals surface area contributed by atoms with E-state index >= 15 is 0 Å². The summed E-state index contributed by atoms with van der Waals surface area (Å²) in [6.07, 6.45) is 0.883. The van der Waals surface area contributed by atoms with Gasteiger partial charge in [-0.3, -0.25) is 4.79 Å². The number of nitrogens with zero attached hydrogens (tertiary/aromatic N) is 2. The van der Waals surface area contributed by atoms with Gasteiger partial charge in [-0.05, 0) is 35.4 Å². The number of hydrogen-bond acceptors (Lipinski definition) is 4. The fourth-order valence-electron chi connectivity index (χ4n) is 3.24. The van der Waals surface area contributed by atoms with Crippen LogP contribution in [0.4, 0.5) is 11.5 Å². The largest absolute Gasteiger partial charge is 0.491 e. The Balaban J connectivity index is 1.71. The molecule has 1 amide bonds. The Morgan fingerprint density at radius 3 is 2.92 bits per heavy atom. The zero-order valence-corrected chi connectivity index (χ0v) is 14.0. The number of nitrogen functional groups attached to an aromatic ring is 1. The van der Waals surface area contributed by atoms with Crippen LogP contribution in [0.1, 0.15) is 18.1 Å². The Hall–Kier alpha value is -3.08. The molecule has 2 heterocycles. The van der Waals surface area contributed by atoms with Gasteiger partial charge in [-0.15, -0.1) is 0 Å². The molecule has 5 nitrogen and oxygen atoms in total. The van der Waals surface area contributed by atoms with Gasteiger partial charge in [-0.25, -0.2) is 4.98 Å². The number of pyridine rings is 1. The number of hydrogen-bond donors (Lipinski definition) is 1. The van der Waals surface area contributed by atoms with E-state index in [1.54, 1.807) is 17.9 Å². The van der Waals surface area contributed by atoms with Crippen LogP contribution in [-0.2, 0) is 17.8 Å². The third kappa shape index (κ3) is 2.89. The molecule has 0 atom stereocenters. The summed E-state index contributed by atoms with van der Waals surface area (Å²) in [5, 5.41) is 1.02. The topological polar surface area (TPSA) is 68.5 Å². The SMILES string of the molecule is CC(=O)N(Cc1ccc2ccc(N)nc2c1)c1cccc2c1OCC2. The predicted molar refractivity (Wildman–Crippen MR) is 98.7 cm³/mol. The van der Waals surface area contributed by atoms with Gasteiger partial charge < -0.3 is 15.4 Å². The van der Waals surface area contributed by atoms with E-state index in [0.29, 0.717) is 19.0 Å². The molecule has 0 saturated heterocycles. The predicted octanol–water partition coefficient (Wildman–Crippen LogP) is 3.31. The van der Waals surface area contributed by atoms with Gasteiger partial charge in [-0.1, -0.05) is 24.3 Å². The summed E-state index contributed by atoms with van der Waals surface area (Å²) >= 11 is 0. The summed E-state index contributed by atoms with van der Waals surface area (Å²) in [6, 6.07) is 15.7. The van der Waals surface area contributed by atoms with Crippen LogP contribution in [0.3, 0.4) is 0 Å². The summed E-state index contributed by atoms with van der Waals surface area (Å²) in [5.74, 6) is 1.28. The van der Waals surface area contributed by atoms with E-state index in [4.69, 9.17) is 10.5 Å². The lowest BCUT2D eigenvalue weighted by molar-refractivity contribution is -0.116. The van der Waals surface area contributed by atoms with Crippen LogP contribution in [0.25, 0.3) is 10.9 Å². The maximum absolute atomic E-state index is 12.3. The molecule has 0 unspecified atom stereocenters. The zero-order chi connectivity index (χ0) is 17.4. The molecule has 3 aromatic rings. The van der Waals surface area contributed by atoms with Crippen molar-refractivity contribution in [3.8, 4) is 5.75 Å². The fourth-order valence-corrected chi connectivity index (χ4v) is 3.24. The lowest BCUT2D eigenvalue weighted by atomic mass is 10.1. The summed E-state index contributed by atoms with van der Waals surface area (Å²) in [6.45, 7) is 2.70. The van der Waals surface area contributed by atoms with Crippen molar-refractivity contribution in [1.29, 1.82) is 0 Å². The molecular formula is C20H19N3O2. The number of anilines is 2. The Morgan fingerprint density at radius 2 is 2.08 bits per heavy atom. The number of ether oxygens (including phenoxy) is 1. The Morgan fingerprint density at radius 1 is 1.24 bits per heavy atom. The highest BCUT2D eigenvalue weighted by Gasteiger charge is 2.22. The van der Waals surface area contributed by atoms with E-state index in [0.717, 1.165) is 39.9 Å². The monoisotopic (exact) mass is 333 g/mol. The Bertz CT molecular complexity index is 968. The van der Waals surface area contributed by atoms with E-state index in [1.165, 1.54) is 0 Å². The number of carbonyl (C=O) groups is 1. The number of fused-ring (bicyclic) bond motifs is 2. The molecule has 0 aliphatic carbocycles. The maximum atomic E-state index is 12.3. The van der Waals surface area contributed by atoms with Crippen LogP contribution in [-0.4, -0.2) is 17.5 Å². The van der Waals surface area contributed by atoms with Crippen molar-refractivity contribution in [1.82, 2.24) is 4.98 Å². The number of para-hydroxylation sites is 1. The van der Waals surface area contributed by atoms with Crippen LogP contribution in [0.2, 0.25) is 0 Å². The molecule has 1 aromatic heterocycles. The highest BCUT2D eigenvalue weighted by Crippen LogP contribution is 2.37. The van der Waals surface area contributed by atoms with Gasteiger partial charge in [0.1, 0.15) is 11.6 Å². The van der Waals surface area contributed by atoms with Crippen LogP contribution in [0.5, 0.6) is 5.75 Å². The minimum Gasteiger partial charge on any atom is -0.491 e. The standard InChI is InChI=1S/C20H19N3O2/c1-13(24)23(18-4-2-3-16-9-10-25-20(16)18)12-14-5-6-15-7-8-19(21)22-17(15)11-14/h2-8,11H,9-10,12H2,1H3,(H2,21,22). The number of aromatic nitrogens is 1. The fraction of sp³-hybridized carbons (Fsp3) is 0.200. The van der Waals surface area contributed by atoms with Gasteiger partial charge in [0.15, 0.2) is 0 Å². The molecule has 4 rings (SSSR count). The first-order chi connectivity index (χ1) is 12.1. The lowest BCUT2D eigenvalue weighted by Gasteiger charge is -2.23. The third-order valence-electron chi connectivity index (χ3n) is 4.48. The number of carbonyl (C=O) groups excluding carboxylic acids is 1. The van der Waals surface area contributed by atoms with Crippen LogP contribution >= 0.6 is 0 Å². The minimum absolute atomic E-state index is 0.0236. The molecule has 2 aromatic carbocycles. The van der Waals surface area contributed by atoms with Crippen molar-refractivity contribution in [3.63, 3.8) is 0 Å². The summed E-state index contributed by atoms with van der Waals surface area (Å²) < 4.78 is 5.76. The highest BCUT2D eigenvalue weighted by molar-refractivity contribution is 5.93. The van der Waals surface area contributed by atoms with Gasteiger partial charge in [0.05, 0.1) is 24.4 Å². The Labute approximate surface area is 146 Å². The third-order valence-corrected chi connectivity index (χ3v) is 4.48. The maximum Gasteiger partial charge on any atom is 0.224 e. The number of nitrogens with two attached hydrogens (primary N) is 1. The molecule has 0 radical (unpaired) electrons. The minimum atomic E-state index is -0.0236. The van der Waals surface area contributed by atoms with E-state index in [-0.39, 0.29) is 5.91 Å². The molecule has 0 bridgehead atoms. The van der Waals surface area contributed by atoms with Crippen molar-refractivity contribution in [2.75, 3.05) is 17.2 Å². The second-order valence-corrected chi connectivity index (χ2v) is 6.23. The van der Waals surface area contributed by atoms with Gasteiger partial charge >= 0.3 is 0 Å². The molecule has 0 spiro atoms. The second-order valence-electron chi connectivity index (χ2n) is 6.23. The molecule has 5 heteroatoms. The van der Waals surface area contributed by atoms with Crippen molar-refractivity contribution in [2.24, 2.45) is 0 Å². The highest BCUT2D eigenvalue weighted by atomic mass is 16.5.